The maximum Gasteiger partial charge on any atom is 0.329 e. The van der Waals surface area contributed by atoms with Crippen LogP contribution in [0.15, 0.2) is 6.20 Å². The summed E-state index contributed by atoms with van der Waals surface area (Å²) >= 11 is 0. The molecule has 0 amide bonds. The summed E-state index contributed by atoms with van der Waals surface area (Å²) in [6.07, 6.45) is 3.26. The Morgan fingerprint density at radius 3 is 2.14 bits per heavy atom. The van der Waals surface area contributed by atoms with Crippen LogP contribution in [0.3, 0.4) is 0 Å². The number of carbonyl (C=O) groups excluding carboxylic acids is 2. The molecular formula is C15H24N2O4. The van der Waals surface area contributed by atoms with Crippen molar-refractivity contribution in [1.29, 1.82) is 0 Å². The second-order valence-corrected chi connectivity index (χ2v) is 4.93. The molecule has 0 atom stereocenters. The van der Waals surface area contributed by atoms with Crippen molar-refractivity contribution in [3.63, 3.8) is 0 Å². The number of carbonyl (C=O) groups is 2. The van der Waals surface area contributed by atoms with Gasteiger partial charge in [0.05, 0.1) is 25.1 Å². The summed E-state index contributed by atoms with van der Waals surface area (Å²) in [5.41, 5.74) is -1.01. The van der Waals surface area contributed by atoms with E-state index in [0.717, 1.165) is 18.7 Å². The molecule has 0 N–H and O–H groups in total. The van der Waals surface area contributed by atoms with E-state index in [0.29, 0.717) is 5.69 Å². The van der Waals surface area contributed by atoms with Crippen LogP contribution in [0, 0.1) is 0 Å². The third-order valence-corrected chi connectivity index (χ3v) is 3.44. The molecule has 0 fully saturated rings. The normalized spacial score (nSPS) is 11.3. The van der Waals surface area contributed by atoms with Gasteiger partial charge in [-0.15, -0.1) is 0 Å². The molecule has 0 unspecified atom stereocenters. The van der Waals surface area contributed by atoms with Gasteiger partial charge in [-0.05, 0) is 27.2 Å². The van der Waals surface area contributed by atoms with Crippen LogP contribution in [0.1, 0.15) is 45.6 Å². The molecular weight excluding hydrogens is 272 g/mol. The predicted octanol–water partition coefficient (Wildman–Crippen LogP) is 1.76. The van der Waals surface area contributed by atoms with Gasteiger partial charge in [0.25, 0.3) is 0 Å². The summed E-state index contributed by atoms with van der Waals surface area (Å²) in [5.74, 6) is -0.406. The number of nitrogens with zero attached hydrogens (tertiary/aromatic N) is 2. The monoisotopic (exact) mass is 296 g/mol. The third kappa shape index (κ3) is 3.25. The van der Waals surface area contributed by atoms with Gasteiger partial charge < -0.3 is 14.0 Å². The molecule has 21 heavy (non-hydrogen) atoms. The smallest absolute Gasteiger partial charge is 0.329 e. The van der Waals surface area contributed by atoms with Crippen LogP contribution in [0.25, 0.3) is 0 Å². The Morgan fingerprint density at radius 2 is 1.71 bits per heavy atom. The Hall–Kier alpha value is -1.85. The average Bonchev–Trinajstić information content (AvgIpc) is 2.81. The van der Waals surface area contributed by atoms with Gasteiger partial charge in [0, 0.05) is 13.5 Å². The minimum atomic E-state index is -1.50. The highest BCUT2D eigenvalue weighted by atomic mass is 16.6. The molecule has 6 nitrogen and oxygen atoms in total. The highest BCUT2D eigenvalue weighted by molar-refractivity contribution is 6.05. The molecule has 1 rings (SSSR count). The van der Waals surface area contributed by atoms with E-state index in [1.165, 1.54) is 6.92 Å². The van der Waals surface area contributed by atoms with E-state index < -0.39 is 17.4 Å². The maximum atomic E-state index is 12.3. The first kappa shape index (κ1) is 17.2. The summed E-state index contributed by atoms with van der Waals surface area (Å²) in [6.45, 7) is 7.38. The molecule has 0 spiro atoms. The van der Waals surface area contributed by atoms with Crippen LogP contribution in [0.5, 0.6) is 0 Å². The molecule has 0 radical (unpaired) electrons. The van der Waals surface area contributed by atoms with Crippen molar-refractivity contribution in [2.24, 2.45) is 7.05 Å². The standard InChI is InChI=1S/C15H24N2O4/c1-6-9-12-16-10-11(17(12)5)15(4,13(18)20-7-2)14(19)21-8-3/h10H,6-9H2,1-5H3. The Balaban J connectivity index is 3.30. The molecule has 0 aliphatic heterocycles. The van der Waals surface area contributed by atoms with E-state index >= 15 is 0 Å². The van der Waals surface area contributed by atoms with Crippen molar-refractivity contribution in [3.8, 4) is 0 Å². The highest BCUT2D eigenvalue weighted by Gasteiger charge is 2.48. The number of hydrogen-bond acceptors (Lipinski definition) is 5. The predicted molar refractivity (Wildman–Crippen MR) is 77.8 cm³/mol. The summed E-state index contributed by atoms with van der Waals surface area (Å²) in [7, 11) is 1.80. The molecule has 6 heteroatoms. The summed E-state index contributed by atoms with van der Waals surface area (Å²) in [6, 6.07) is 0. The first-order valence-corrected chi connectivity index (χ1v) is 7.28. The van der Waals surface area contributed by atoms with E-state index in [-0.39, 0.29) is 13.2 Å². The molecule has 1 heterocycles. The summed E-state index contributed by atoms with van der Waals surface area (Å²) in [4.78, 5) is 29.0. The van der Waals surface area contributed by atoms with Crippen molar-refractivity contribution in [2.75, 3.05) is 13.2 Å². The van der Waals surface area contributed by atoms with Gasteiger partial charge in [-0.25, -0.2) is 4.98 Å². The zero-order chi connectivity index (χ0) is 16.0. The molecule has 1 aromatic rings. The molecule has 0 saturated heterocycles. The number of aromatic nitrogens is 2. The van der Waals surface area contributed by atoms with Crippen LogP contribution in [-0.2, 0) is 37.9 Å². The van der Waals surface area contributed by atoms with E-state index in [4.69, 9.17) is 9.47 Å². The lowest BCUT2D eigenvalue weighted by Crippen LogP contribution is -2.45. The fraction of sp³-hybridized carbons (Fsp3) is 0.667. The Bertz CT molecular complexity index is 490. The van der Waals surface area contributed by atoms with Crippen molar-refractivity contribution < 1.29 is 19.1 Å². The minimum Gasteiger partial charge on any atom is -0.465 e. The van der Waals surface area contributed by atoms with E-state index in [2.05, 4.69) is 4.98 Å². The van der Waals surface area contributed by atoms with Crippen molar-refractivity contribution >= 4 is 11.9 Å². The van der Waals surface area contributed by atoms with Gasteiger partial charge in [0.2, 0.25) is 5.41 Å². The Labute approximate surface area is 125 Å². The van der Waals surface area contributed by atoms with Crippen LogP contribution < -0.4 is 0 Å². The fourth-order valence-corrected chi connectivity index (χ4v) is 2.21. The van der Waals surface area contributed by atoms with Gasteiger partial charge in [0.1, 0.15) is 5.82 Å². The topological polar surface area (TPSA) is 70.4 Å². The number of aryl methyl sites for hydroxylation is 1. The van der Waals surface area contributed by atoms with Gasteiger partial charge in [-0.3, -0.25) is 9.59 Å². The molecule has 0 bridgehead atoms. The van der Waals surface area contributed by atoms with E-state index in [1.54, 1.807) is 31.7 Å². The summed E-state index contributed by atoms with van der Waals surface area (Å²) < 4.78 is 11.9. The Morgan fingerprint density at radius 1 is 1.19 bits per heavy atom. The third-order valence-electron chi connectivity index (χ3n) is 3.44. The quantitative estimate of drug-likeness (QED) is 0.566. The second kappa shape index (κ2) is 7.24. The van der Waals surface area contributed by atoms with E-state index in [9.17, 15) is 9.59 Å². The molecule has 118 valence electrons. The number of hydrogen-bond donors (Lipinski definition) is 0. The zero-order valence-electron chi connectivity index (χ0n) is 13.4. The number of esters is 2. The lowest BCUT2D eigenvalue weighted by atomic mass is 9.87. The lowest BCUT2D eigenvalue weighted by Gasteiger charge is -2.25. The van der Waals surface area contributed by atoms with E-state index in [1.807, 2.05) is 6.92 Å². The Kier molecular flexibility index (Phi) is 5.93. The number of imidazole rings is 1. The summed E-state index contributed by atoms with van der Waals surface area (Å²) in [5, 5.41) is 0. The second-order valence-electron chi connectivity index (χ2n) is 4.93. The first-order valence-electron chi connectivity index (χ1n) is 7.28. The van der Waals surface area contributed by atoms with Gasteiger partial charge in [-0.2, -0.15) is 0 Å². The van der Waals surface area contributed by atoms with Crippen molar-refractivity contribution in [3.05, 3.63) is 17.7 Å². The number of rotatable bonds is 7. The maximum absolute atomic E-state index is 12.3. The number of ether oxygens (including phenoxy) is 2. The molecule has 0 saturated carbocycles. The first-order chi connectivity index (χ1) is 9.93. The SMILES string of the molecule is CCCc1ncc(C(C)(C(=O)OCC)C(=O)OCC)n1C. The van der Waals surface area contributed by atoms with Gasteiger partial charge in [0.15, 0.2) is 0 Å². The molecule has 0 aliphatic carbocycles. The average molecular weight is 296 g/mol. The zero-order valence-corrected chi connectivity index (χ0v) is 13.4. The van der Waals surface area contributed by atoms with Gasteiger partial charge in [-0.1, -0.05) is 6.92 Å². The van der Waals surface area contributed by atoms with Crippen LogP contribution in [0.4, 0.5) is 0 Å². The van der Waals surface area contributed by atoms with Crippen LogP contribution >= 0.6 is 0 Å². The molecule has 0 aliphatic rings. The van der Waals surface area contributed by atoms with Crippen molar-refractivity contribution in [1.82, 2.24) is 9.55 Å². The van der Waals surface area contributed by atoms with Gasteiger partial charge >= 0.3 is 11.9 Å². The van der Waals surface area contributed by atoms with Crippen LogP contribution in [-0.4, -0.2) is 34.7 Å². The lowest BCUT2D eigenvalue weighted by molar-refractivity contribution is -0.164. The fourth-order valence-electron chi connectivity index (χ4n) is 2.21. The largest absolute Gasteiger partial charge is 0.465 e. The van der Waals surface area contributed by atoms with Crippen molar-refractivity contribution in [2.45, 2.75) is 46.0 Å². The highest BCUT2D eigenvalue weighted by Crippen LogP contribution is 2.28. The minimum absolute atomic E-state index is 0.202. The molecule has 1 aromatic heterocycles. The van der Waals surface area contributed by atoms with Crippen LogP contribution in [0.2, 0.25) is 0 Å². The molecule has 0 aromatic carbocycles.